The first kappa shape index (κ1) is 27.5. The molecule has 11 heteroatoms. The summed E-state index contributed by atoms with van der Waals surface area (Å²) < 4.78 is 13.4. The zero-order valence-corrected chi connectivity index (χ0v) is 24.5. The summed E-state index contributed by atoms with van der Waals surface area (Å²) in [7, 11) is 1.76. The number of rotatable bonds is 9. The third kappa shape index (κ3) is 6.17. The summed E-state index contributed by atoms with van der Waals surface area (Å²) in [6.07, 6.45) is 1.03. The molecule has 0 N–H and O–H groups in total. The van der Waals surface area contributed by atoms with E-state index in [2.05, 4.69) is 76.4 Å². The van der Waals surface area contributed by atoms with Gasteiger partial charge < -0.3 is 14.4 Å². The van der Waals surface area contributed by atoms with Crippen LogP contribution in [0.3, 0.4) is 0 Å². The van der Waals surface area contributed by atoms with Crippen LogP contribution in [0.25, 0.3) is 17.0 Å². The fourth-order valence-corrected chi connectivity index (χ4v) is 5.72. The van der Waals surface area contributed by atoms with Crippen LogP contribution >= 0.6 is 0 Å². The molecule has 0 bridgehead atoms. The molecule has 0 aliphatic carbocycles. The molecule has 0 radical (unpaired) electrons. The number of ether oxygens (including phenoxy) is 2. The Hall–Kier alpha value is -3.67. The quantitative estimate of drug-likeness (QED) is 0.306. The van der Waals surface area contributed by atoms with Crippen LogP contribution in [0.4, 0.5) is 5.69 Å². The third-order valence-corrected chi connectivity index (χ3v) is 8.08. The standard InChI is InChI=1S/C30H39N9O2/c1-21-29(22(2)39-30(31-21)32-23(3)35-39)41-27-11-12-38(20-27)26-8-5-24(6-9-26)28-10-7-25(33-34-28)19-37-15-13-36(14-16-37)17-18-40-4/h5-10,27H,11-20H2,1-4H3. The van der Waals surface area contributed by atoms with E-state index in [0.717, 1.165) is 99.5 Å². The van der Waals surface area contributed by atoms with Gasteiger partial charge in [-0.25, -0.2) is 4.98 Å². The molecule has 6 rings (SSSR count). The second-order valence-electron chi connectivity index (χ2n) is 11.0. The predicted molar refractivity (Wildman–Crippen MR) is 157 cm³/mol. The Morgan fingerprint density at radius 2 is 1.66 bits per heavy atom. The minimum Gasteiger partial charge on any atom is -0.485 e. The summed E-state index contributed by atoms with van der Waals surface area (Å²) >= 11 is 0. The molecule has 2 fully saturated rings. The normalized spacial score (nSPS) is 18.4. The van der Waals surface area contributed by atoms with Gasteiger partial charge in [0.25, 0.3) is 5.78 Å². The molecular weight excluding hydrogens is 518 g/mol. The fraction of sp³-hybridized carbons (Fsp3) is 0.500. The third-order valence-electron chi connectivity index (χ3n) is 8.08. The molecular formula is C30H39N9O2. The Morgan fingerprint density at radius 3 is 2.39 bits per heavy atom. The number of anilines is 1. The maximum Gasteiger partial charge on any atom is 0.253 e. The lowest BCUT2D eigenvalue weighted by Crippen LogP contribution is -2.46. The van der Waals surface area contributed by atoms with Crippen LogP contribution in [-0.4, -0.2) is 105 Å². The average molecular weight is 558 g/mol. The molecule has 3 aromatic heterocycles. The van der Waals surface area contributed by atoms with Crippen molar-refractivity contribution >= 4 is 11.5 Å². The number of aryl methyl sites for hydroxylation is 3. The highest BCUT2D eigenvalue weighted by Gasteiger charge is 2.26. The van der Waals surface area contributed by atoms with Crippen molar-refractivity contribution < 1.29 is 9.47 Å². The zero-order chi connectivity index (χ0) is 28.3. The molecule has 41 heavy (non-hydrogen) atoms. The predicted octanol–water partition coefficient (Wildman–Crippen LogP) is 2.93. The highest BCUT2D eigenvalue weighted by atomic mass is 16.5. The molecule has 0 spiro atoms. The Balaban J connectivity index is 1.03. The second-order valence-corrected chi connectivity index (χ2v) is 11.0. The van der Waals surface area contributed by atoms with Crippen LogP contribution in [0.1, 0.15) is 29.3 Å². The van der Waals surface area contributed by atoms with E-state index in [4.69, 9.17) is 9.47 Å². The van der Waals surface area contributed by atoms with Gasteiger partial charge in [0, 0.05) is 70.6 Å². The highest BCUT2D eigenvalue weighted by molar-refractivity contribution is 5.63. The maximum atomic E-state index is 6.46. The number of hydrogen-bond acceptors (Lipinski definition) is 10. The molecule has 0 saturated carbocycles. The van der Waals surface area contributed by atoms with Gasteiger partial charge in [-0.1, -0.05) is 12.1 Å². The number of fused-ring (bicyclic) bond motifs is 1. The lowest BCUT2D eigenvalue weighted by atomic mass is 10.1. The number of methoxy groups -OCH3 is 1. The minimum absolute atomic E-state index is 0.0858. The van der Waals surface area contributed by atoms with Gasteiger partial charge in [-0.15, -0.1) is 5.10 Å². The van der Waals surface area contributed by atoms with Gasteiger partial charge in [0.15, 0.2) is 5.75 Å². The van der Waals surface area contributed by atoms with Gasteiger partial charge >= 0.3 is 0 Å². The summed E-state index contributed by atoms with van der Waals surface area (Å²) in [6, 6.07) is 12.8. The van der Waals surface area contributed by atoms with Crippen LogP contribution < -0.4 is 9.64 Å². The summed E-state index contributed by atoms with van der Waals surface area (Å²) in [5.74, 6) is 2.12. The van der Waals surface area contributed by atoms with E-state index < -0.39 is 0 Å². The van der Waals surface area contributed by atoms with Crippen LogP contribution in [0, 0.1) is 20.8 Å². The van der Waals surface area contributed by atoms with Crippen LogP contribution in [0.2, 0.25) is 0 Å². The minimum atomic E-state index is 0.0858. The largest absolute Gasteiger partial charge is 0.485 e. The first-order chi connectivity index (χ1) is 20.0. The van der Waals surface area contributed by atoms with E-state index in [1.807, 2.05) is 20.8 Å². The Kier molecular flexibility index (Phi) is 8.09. The molecule has 5 heterocycles. The van der Waals surface area contributed by atoms with Crippen molar-refractivity contribution in [1.29, 1.82) is 0 Å². The molecule has 0 amide bonds. The van der Waals surface area contributed by atoms with E-state index in [1.54, 1.807) is 11.6 Å². The topological polar surface area (TPSA) is 97.0 Å². The lowest BCUT2D eigenvalue weighted by Gasteiger charge is -2.34. The number of aromatic nitrogens is 6. The van der Waals surface area contributed by atoms with Gasteiger partial charge in [-0.05, 0) is 45.0 Å². The molecule has 11 nitrogen and oxygen atoms in total. The molecule has 1 atom stereocenters. The van der Waals surface area contributed by atoms with Gasteiger partial charge in [-0.2, -0.15) is 19.7 Å². The van der Waals surface area contributed by atoms with Crippen molar-refractivity contribution in [2.45, 2.75) is 39.8 Å². The Labute approximate surface area is 241 Å². The second kappa shape index (κ2) is 12.1. The van der Waals surface area contributed by atoms with E-state index in [-0.39, 0.29) is 6.10 Å². The molecule has 2 saturated heterocycles. The summed E-state index contributed by atoms with van der Waals surface area (Å²) in [4.78, 5) is 16.2. The van der Waals surface area contributed by atoms with Gasteiger partial charge in [0.2, 0.25) is 0 Å². The molecule has 1 unspecified atom stereocenters. The first-order valence-corrected chi connectivity index (χ1v) is 14.5. The number of nitrogens with zero attached hydrogens (tertiary/aromatic N) is 9. The van der Waals surface area contributed by atoms with E-state index >= 15 is 0 Å². The Bertz CT molecular complexity index is 1460. The van der Waals surface area contributed by atoms with Crippen molar-refractivity contribution in [3.63, 3.8) is 0 Å². The molecule has 2 aliphatic rings. The van der Waals surface area contributed by atoms with E-state index in [9.17, 15) is 0 Å². The van der Waals surface area contributed by atoms with Crippen molar-refractivity contribution in [3.8, 4) is 17.0 Å². The fourth-order valence-electron chi connectivity index (χ4n) is 5.72. The molecule has 216 valence electrons. The molecule has 1 aromatic carbocycles. The lowest BCUT2D eigenvalue weighted by molar-refractivity contribution is 0.0931. The SMILES string of the molecule is COCCN1CCN(Cc2ccc(-c3ccc(N4CCC(Oc5c(C)nc6nc(C)nn6c5C)C4)cc3)nn2)CC1. The summed E-state index contributed by atoms with van der Waals surface area (Å²) in [5.41, 5.74) is 5.94. The summed E-state index contributed by atoms with van der Waals surface area (Å²) in [6.45, 7) is 14.5. The van der Waals surface area contributed by atoms with Gasteiger partial charge in [-0.3, -0.25) is 9.80 Å². The number of piperazine rings is 1. The van der Waals surface area contributed by atoms with E-state index in [0.29, 0.717) is 11.6 Å². The number of hydrogen-bond donors (Lipinski definition) is 0. The van der Waals surface area contributed by atoms with Crippen LogP contribution in [0.15, 0.2) is 36.4 Å². The average Bonchev–Trinajstić information content (AvgIpc) is 3.61. The monoisotopic (exact) mass is 557 g/mol. The summed E-state index contributed by atoms with van der Waals surface area (Å²) in [5, 5.41) is 13.5. The first-order valence-electron chi connectivity index (χ1n) is 14.5. The van der Waals surface area contributed by atoms with Crippen LogP contribution in [-0.2, 0) is 11.3 Å². The van der Waals surface area contributed by atoms with Crippen LogP contribution in [0.5, 0.6) is 5.75 Å². The number of benzene rings is 1. The Morgan fingerprint density at radius 1 is 0.878 bits per heavy atom. The molecule has 4 aromatic rings. The molecule has 2 aliphatic heterocycles. The van der Waals surface area contributed by atoms with Crippen molar-refractivity contribution in [2.75, 3.05) is 64.4 Å². The van der Waals surface area contributed by atoms with E-state index in [1.165, 1.54) is 5.69 Å². The van der Waals surface area contributed by atoms with Gasteiger partial charge in [0.05, 0.1) is 35.9 Å². The smallest absolute Gasteiger partial charge is 0.253 e. The maximum absolute atomic E-state index is 6.46. The van der Waals surface area contributed by atoms with Gasteiger partial charge in [0.1, 0.15) is 11.9 Å². The van der Waals surface area contributed by atoms with Crippen molar-refractivity contribution in [2.24, 2.45) is 0 Å². The van der Waals surface area contributed by atoms with Crippen molar-refractivity contribution in [3.05, 3.63) is 59.3 Å². The zero-order valence-electron chi connectivity index (χ0n) is 24.5. The van der Waals surface area contributed by atoms with Crippen molar-refractivity contribution in [1.82, 2.24) is 39.6 Å². The highest BCUT2D eigenvalue weighted by Crippen LogP contribution is 2.29.